The molecule has 4 aromatic rings. The molecule has 1 aliphatic rings. The Morgan fingerprint density at radius 2 is 1.14 bits per heavy atom. The Labute approximate surface area is 287 Å². The van der Waals surface area contributed by atoms with E-state index >= 15 is 0 Å². The maximum absolute atomic E-state index is 13.3. The van der Waals surface area contributed by atoms with Crippen molar-refractivity contribution < 1.29 is 36.3 Å². The topological polar surface area (TPSA) is 138 Å². The minimum atomic E-state index is -4.28. The van der Waals surface area contributed by atoms with Crippen LogP contribution in [0.3, 0.4) is 0 Å². The fourth-order valence-corrected chi connectivity index (χ4v) is 6.95. The van der Waals surface area contributed by atoms with Gasteiger partial charge in [-0.25, -0.2) is 0 Å². The molecule has 0 amide bonds. The minimum absolute atomic E-state index is 0.0394. The maximum Gasteiger partial charge on any atom is 0.270 e. The first-order valence-electron chi connectivity index (χ1n) is 16.1. The molecule has 1 fully saturated rings. The Kier molecular flexibility index (Phi) is 13.3. The molecule has 0 N–H and O–H groups in total. The lowest BCUT2D eigenvalue weighted by molar-refractivity contribution is -0.301. The third-order valence-corrected chi connectivity index (χ3v) is 9.28. The van der Waals surface area contributed by atoms with Gasteiger partial charge in [0.05, 0.1) is 39.6 Å². The molecule has 49 heavy (non-hydrogen) atoms. The van der Waals surface area contributed by atoms with Crippen LogP contribution in [-0.4, -0.2) is 57.5 Å². The van der Waals surface area contributed by atoms with Gasteiger partial charge >= 0.3 is 0 Å². The SMILES string of the molecule is CCOS(=O)(=O)C[C@]1(N=[N+]=[N-])O[C@H](COCc2ccccc2)[C@@H](OCc2ccccc2)[C@H](OCc2ccccc2)[C@H]1OCc1ccccc1. The molecular formula is C37H41N3O8S. The van der Waals surface area contributed by atoms with E-state index in [0.29, 0.717) is 0 Å². The summed E-state index contributed by atoms with van der Waals surface area (Å²) in [4.78, 5) is 3.08. The molecule has 0 bridgehead atoms. The number of rotatable bonds is 18. The first-order valence-corrected chi connectivity index (χ1v) is 17.7. The van der Waals surface area contributed by atoms with Crippen molar-refractivity contribution in [3.05, 3.63) is 154 Å². The monoisotopic (exact) mass is 687 g/mol. The van der Waals surface area contributed by atoms with Gasteiger partial charge < -0.3 is 23.7 Å². The molecule has 0 radical (unpaired) electrons. The lowest BCUT2D eigenvalue weighted by Gasteiger charge is -2.50. The third-order valence-electron chi connectivity index (χ3n) is 7.92. The van der Waals surface area contributed by atoms with Gasteiger partial charge in [0.25, 0.3) is 10.1 Å². The van der Waals surface area contributed by atoms with Crippen molar-refractivity contribution in [3.63, 3.8) is 0 Å². The van der Waals surface area contributed by atoms with Crippen molar-refractivity contribution in [2.75, 3.05) is 19.0 Å². The Hall–Kier alpha value is -4.10. The van der Waals surface area contributed by atoms with Gasteiger partial charge in [0, 0.05) is 4.91 Å². The summed E-state index contributed by atoms with van der Waals surface area (Å²) in [5.74, 6) is -0.830. The van der Waals surface area contributed by atoms with Crippen LogP contribution < -0.4 is 0 Å². The fraction of sp³-hybridized carbons (Fsp3) is 0.351. The summed E-state index contributed by atoms with van der Waals surface area (Å²) in [6.07, 6.45) is -4.05. The van der Waals surface area contributed by atoms with Crippen LogP contribution in [0, 0.1) is 0 Å². The third kappa shape index (κ3) is 10.4. The molecule has 12 heteroatoms. The molecule has 1 heterocycles. The molecule has 0 spiro atoms. The molecule has 4 aromatic carbocycles. The summed E-state index contributed by atoms with van der Waals surface area (Å²) in [7, 11) is -4.28. The van der Waals surface area contributed by atoms with E-state index < -0.39 is 46.0 Å². The molecule has 1 aliphatic heterocycles. The molecule has 5 rings (SSSR count). The van der Waals surface area contributed by atoms with E-state index in [0.717, 1.165) is 22.3 Å². The van der Waals surface area contributed by atoms with Gasteiger partial charge in [0.1, 0.15) is 30.2 Å². The first kappa shape index (κ1) is 36.2. The molecule has 11 nitrogen and oxygen atoms in total. The van der Waals surface area contributed by atoms with Crippen molar-refractivity contribution in [3.8, 4) is 0 Å². The second-order valence-corrected chi connectivity index (χ2v) is 13.2. The van der Waals surface area contributed by atoms with Crippen molar-refractivity contribution in [2.45, 2.75) is 63.5 Å². The molecular weight excluding hydrogens is 646 g/mol. The predicted octanol–water partition coefficient (Wildman–Crippen LogP) is 6.73. The summed E-state index contributed by atoms with van der Waals surface area (Å²) in [6, 6.07) is 38.1. The number of ether oxygens (including phenoxy) is 5. The highest BCUT2D eigenvalue weighted by atomic mass is 32.2. The predicted molar refractivity (Wildman–Crippen MR) is 183 cm³/mol. The quantitative estimate of drug-likeness (QED) is 0.0486. The highest BCUT2D eigenvalue weighted by Crippen LogP contribution is 2.39. The lowest BCUT2D eigenvalue weighted by Crippen LogP contribution is -2.68. The summed E-state index contributed by atoms with van der Waals surface area (Å²) in [6.45, 7) is 2.01. The van der Waals surface area contributed by atoms with Crippen LogP contribution in [0.4, 0.5) is 0 Å². The number of nitrogens with zero attached hydrogens (tertiary/aromatic N) is 3. The number of hydrogen-bond donors (Lipinski definition) is 0. The largest absolute Gasteiger partial charge is 0.374 e. The van der Waals surface area contributed by atoms with Gasteiger partial charge in [-0.1, -0.05) is 126 Å². The maximum atomic E-state index is 13.3. The highest BCUT2D eigenvalue weighted by Gasteiger charge is 2.58. The number of azide groups is 1. The van der Waals surface area contributed by atoms with E-state index in [2.05, 4.69) is 10.0 Å². The van der Waals surface area contributed by atoms with Crippen LogP contribution in [-0.2, 0) is 64.4 Å². The minimum Gasteiger partial charge on any atom is -0.374 e. The zero-order chi connectivity index (χ0) is 34.4. The van der Waals surface area contributed by atoms with Gasteiger partial charge in [-0.3, -0.25) is 4.18 Å². The van der Waals surface area contributed by atoms with Crippen molar-refractivity contribution in [1.82, 2.24) is 0 Å². The van der Waals surface area contributed by atoms with Crippen molar-refractivity contribution in [1.29, 1.82) is 0 Å². The van der Waals surface area contributed by atoms with Gasteiger partial charge in [-0.15, -0.1) is 0 Å². The summed E-state index contributed by atoms with van der Waals surface area (Å²) in [5.41, 5.74) is 11.3. The van der Waals surface area contributed by atoms with E-state index in [1.54, 1.807) is 6.92 Å². The van der Waals surface area contributed by atoms with E-state index in [1.165, 1.54) is 0 Å². The molecule has 0 aromatic heterocycles. The second-order valence-electron chi connectivity index (χ2n) is 11.5. The van der Waals surface area contributed by atoms with Crippen LogP contribution in [0.1, 0.15) is 29.2 Å². The number of benzene rings is 4. The molecule has 258 valence electrons. The normalized spacial score (nSPS) is 22.3. The molecule has 5 atom stereocenters. The number of hydrogen-bond acceptors (Lipinski definition) is 9. The second kappa shape index (κ2) is 18.1. The first-order chi connectivity index (χ1) is 23.9. The highest BCUT2D eigenvalue weighted by molar-refractivity contribution is 7.86. The summed E-state index contributed by atoms with van der Waals surface area (Å²) >= 11 is 0. The van der Waals surface area contributed by atoms with E-state index in [-0.39, 0.29) is 39.6 Å². The molecule has 0 saturated carbocycles. The Morgan fingerprint density at radius 3 is 1.61 bits per heavy atom. The van der Waals surface area contributed by atoms with Crippen LogP contribution in [0.15, 0.2) is 126 Å². The van der Waals surface area contributed by atoms with Gasteiger partial charge in [-0.2, -0.15) is 8.42 Å². The average Bonchev–Trinajstić information content (AvgIpc) is 3.11. The van der Waals surface area contributed by atoms with Gasteiger partial charge in [0.15, 0.2) is 5.72 Å². The standard InChI is InChI=1S/C37H41N3O8S/c1-2-47-49(41,42)28-37(39-40-38)36(46-26-32-21-13-6-14-22-32)35(45-25-31-19-11-5-12-20-31)34(44-24-30-17-9-4-10-18-30)33(48-37)27-43-23-29-15-7-3-8-16-29/h3-22,33-36H,2,23-28H2,1H3/t33-,34-,35+,36-,37+/m1/s1. The molecule has 1 saturated heterocycles. The lowest BCUT2D eigenvalue weighted by atomic mass is 9.91. The van der Waals surface area contributed by atoms with Crippen molar-refractivity contribution >= 4 is 10.1 Å². The molecule has 0 unspecified atom stereocenters. The van der Waals surface area contributed by atoms with E-state index in [4.69, 9.17) is 27.9 Å². The van der Waals surface area contributed by atoms with Gasteiger partial charge in [-0.05, 0) is 34.7 Å². The van der Waals surface area contributed by atoms with E-state index in [1.807, 2.05) is 121 Å². The zero-order valence-electron chi connectivity index (χ0n) is 27.3. The fourth-order valence-electron chi connectivity index (χ4n) is 5.71. The Morgan fingerprint density at radius 1 is 0.694 bits per heavy atom. The summed E-state index contributed by atoms with van der Waals surface area (Å²) in [5, 5.41) is 4.03. The van der Waals surface area contributed by atoms with Crippen LogP contribution in [0.25, 0.3) is 10.4 Å². The van der Waals surface area contributed by atoms with Crippen LogP contribution >= 0.6 is 0 Å². The van der Waals surface area contributed by atoms with Crippen LogP contribution in [0.2, 0.25) is 0 Å². The Bertz CT molecular complexity index is 1710. The molecule has 0 aliphatic carbocycles. The van der Waals surface area contributed by atoms with Crippen LogP contribution in [0.5, 0.6) is 0 Å². The Balaban J connectivity index is 1.57. The summed E-state index contributed by atoms with van der Waals surface area (Å²) < 4.78 is 64.3. The van der Waals surface area contributed by atoms with E-state index in [9.17, 15) is 13.9 Å². The van der Waals surface area contributed by atoms with Crippen molar-refractivity contribution in [2.24, 2.45) is 5.11 Å². The van der Waals surface area contributed by atoms with Gasteiger partial charge in [0.2, 0.25) is 0 Å². The smallest absolute Gasteiger partial charge is 0.270 e. The zero-order valence-corrected chi connectivity index (χ0v) is 28.1. The average molecular weight is 688 g/mol.